The zero-order valence-electron chi connectivity index (χ0n) is 14.4. The lowest BCUT2D eigenvalue weighted by Gasteiger charge is -2.37. The Balaban J connectivity index is 1.58. The minimum Gasteiger partial charge on any atom is -0.339 e. The molecule has 1 amide bonds. The second-order valence-corrected chi connectivity index (χ2v) is 7.10. The number of likely N-dealkylation sites (tertiary alicyclic amines) is 2. The van der Waals surface area contributed by atoms with Crippen LogP contribution in [0.3, 0.4) is 0 Å². The zero-order valence-corrected chi connectivity index (χ0v) is 14.4. The average Bonchev–Trinajstić information content (AvgIpc) is 3.02. The molecule has 3 heteroatoms. The molecule has 2 saturated heterocycles. The van der Waals surface area contributed by atoms with Gasteiger partial charge in [0.05, 0.1) is 6.54 Å². The van der Waals surface area contributed by atoms with E-state index in [-0.39, 0.29) is 0 Å². The standard InChI is InChI=1S/C20H30N2O/c1-2-18-11-6-7-14-22(18)20(23)16-21-13-8-12-19(21)15-17-9-4-3-5-10-17/h3-5,9-10,18-19H,2,6-8,11-16H2,1H3/t18-,19-/m1/s1. The largest absolute Gasteiger partial charge is 0.339 e. The number of rotatable bonds is 5. The topological polar surface area (TPSA) is 23.6 Å². The maximum absolute atomic E-state index is 12.8. The summed E-state index contributed by atoms with van der Waals surface area (Å²) in [6, 6.07) is 11.7. The van der Waals surface area contributed by atoms with Gasteiger partial charge in [0.25, 0.3) is 0 Å². The molecule has 3 rings (SSSR count). The fourth-order valence-electron chi connectivity index (χ4n) is 4.24. The Morgan fingerprint density at radius 2 is 1.83 bits per heavy atom. The van der Waals surface area contributed by atoms with Crippen molar-refractivity contribution < 1.29 is 4.79 Å². The number of hydrogen-bond donors (Lipinski definition) is 0. The molecular weight excluding hydrogens is 284 g/mol. The van der Waals surface area contributed by atoms with Gasteiger partial charge in [0, 0.05) is 18.6 Å². The summed E-state index contributed by atoms with van der Waals surface area (Å²) in [5.74, 6) is 0.358. The second-order valence-electron chi connectivity index (χ2n) is 7.10. The molecule has 126 valence electrons. The molecule has 2 heterocycles. The van der Waals surface area contributed by atoms with Gasteiger partial charge in [0.15, 0.2) is 0 Å². The first-order valence-electron chi connectivity index (χ1n) is 9.35. The Morgan fingerprint density at radius 1 is 1.04 bits per heavy atom. The van der Waals surface area contributed by atoms with Crippen LogP contribution >= 0.6 is 0 Å². The maximum Gasteiger partial charge on any atom is 0.237 e. The van der Waals surface area contributed by atoms with Crippen molar-refractivity contribution in [1.29, 1.82) is 0 Å². The summed E-state index contributed by atoms with van der Waals surface area (Å²) in [6.07, 6.45) is 8.26. The molecule has 0 aromatic heterocycles. The molecule has 0 bridgehead atoms. The number of nitrogens with zero attached hydrogens (tertiary/aromatic N) is 2. The molecule has 2 aliphatic rings. The highest BCUT2D eigenvalue weighted by molar-refractivity contribution is 5.78. The Kier molecular flexibility index (Phi) is 5.71. The van der Waals surface area contributed by atoms with Crippen LogP contribution < -0.4 is 0 Å². The summed E-state index contributed by atoms with van der Waals surface area (Å²) in [4.78, 5) is 17.4. The highest BCUT2D eigenvalue weighted by Crippen LogP contribution is 2.23. The minimum atomic E-state index is 0.358. The van der Waals surface area contributed by atoms with Gasteiger partial charge in [-0.25, -0.2) is 0 Å². The van der Waals surface area contributed by atoms with Crippen molar-refractivity contribution >= 4 is 5.91 Å². The number of hydrogen-bond acceptors (Lipinski definition) is 2. The van der Waals surface area contributed by atoms with E-state index in [9.17, 15) is 4.79 Å². The average molecular weight is 314 g/mol. The van der Waals surface area contributed by atoms with Gasteiger partial charge in [-0.3, -0.25) is 9.69 Å². The monoisotopic (exact) mass is 314 g/mol. The summed E-state index contributed by atoms with van der Waals surface area (Å²) in [5, 5.41) is 0. The SMILES string of the molecule is CC[C@@H]1CCCCN1C(=O)CN1CCC[C@@H]1Cc1ccccc1. The van der Waals surface area contributed by atoms with E-state index >= 15 is 0 Å². The van der Waals surface area contributed by atoms with Gasteiger partial charge in [-0.2, -0.15) is 0 Å². The summed E-state index contributed by atoms with van der Waals surface area (Å²) in [7, 11) is 0. The summed E-state index contributed by atoms with van der Waals surface area (Å²) < 4.78 is 0. The van der Waals surface area contributed by atoms with E-state index in [1.165, 1.54) is 37.7 Å². The molecule has 1 aromatic rings. The van der Waals surface area contributed by atoms with Crippen molar-refractivity contribution in [3.63, 3.8) is 0 Å². The smallest absolute Gasteiger partial charge is 0.237 e. The van der Waals surface area contributed by atoms with E-state index in [4.69, 9.17) is 0 Å². The third kappa shape index (κ3) is 4.14. The van der Waals surface area contributed by atoms with Gasteiger partial charge < -0.3 is 4.90 Å². The zero-order chi connectivity index (χ0) is 16.1. The quantitative estimate of drug-likeness (QED) is 0.830. The Hall–Kier alpha value is -1.35. The highest BCUT2D eigenvalue weighted by atomic mass is 16.2. The van der Waals surface area contributed by atoms with Gasteiger partial charge in [-0.05, 0) is 57.1 Å². The van der Waals surface area contributed by atoms with Crippen molar-refractivity contribution in [2.24, 2.45) is 0 Å². The van der Waals surface area contributed by atoms with E-state index in [1.807, 2.05) is 0 Å². The molecule has 2 fully saturated rings. The third-order valence-corrected chi connectivity index (χ3v) is 5.57. The number of piperidine rings is 1. The Bertz CT molecular complexity index is 502. The van der Waals surface area contributed by atoms with Crippen LogP contribution in [0.5, 0.6) is 0 Å². The van der Waals surface area contributed by atoms with Crippen LogP contribution in [0.1, 0.15) is 51.0 Å². The molecule has 2 atom stereocenters. The first-order valence-corrected chi connectivity index (χ1v) is 9.35. The van der Waals surface area contributed by atoms with Crippen LogP contribution in [0.4, 0.5) is 0 Å². The molecule has 0 N–H and O–H groups in total. The lowest BCUT2D eigenvalue weighted by atomic mass is 10.00. The van der Waals surface area contributed by atoms with Crippen LogP contribution in [0.15, 0.2) is 30.3 Å². The lowest BCUT2D eigenvalue weighted by Crippen LogP contribution is -2.48. The van der Waals surface area contributed by atoms with Crippen LogP contribution in [-0.2, 0) is 11.2 Å². The fraction of sp³-hybridized carbons (Fsp3) is 0.650. The summed E-state index contributed by atoms with van der Waals surface area (Å²) >= 11 is 0. The molecule has 0 spiro atoms. The summed E-state index contributed by atoms with van der Waals surface area (Å²) in [5.41, 5.74) is 1.39. The van der Waals surface area contributed by atoms with Gasteiger partial charge in [-0.1, -0.05) is 37.3 Å². The van der Waals surface area contributed by atoms with Crippen LogP contribution in [0.25, 0.3) is 0 Å². The predicted octanol–water partition coefficient (Wildman–Crippen LogP) is 3.48. The first kappa shape index (κ1) is 16.5. The lowest BCUT2D eigenvalue weighted by molar-refractivity contribution is -0.136. The van der Waals surface area contributed by atoms with Gasteiger partial charge >= 0.3 is 0 Å². The normalized spacial score (nSPS) is 25.7. The molecule has 0 aliphatic carbocycles. The van der Waals surface area contributed by atoms with E-state index in [2.05, 4.69) is 47.1 Å². The van der Waals surface area contributed by atoms with E-state index in [0.717, 1.165) is 25.9 Å². The number of carbonyl (C=O) groups excluding carboxylic acids is 1. The minimum absolute atomic E-state index is 0.358. The third-order valence-electron chi connectivity index (χ3n) is 5.57. The highest BCUT2D eigenvalue weighted by Gasteiger charge is 2.30. The Morgan fingerprint density at radius 3 is 2.61 bits per heavy atom. The number of benzene rings is 1. The maximum atomic E-state index is 12.8. The molecule has 1 aromatic carbocycles. The molecule has 0 unspecified atom stereocenters. The second kappa shape index (κ2) is 7.96. The van der Waals surface area contributed by atoms with E-state index in [1.54, 1.807) is 0 Å². The van der Waals surface area contributed by atoms with E-state index < -0.39 is 0 Å². The number of amides is 1. The molecule has 2 aliphatic heterocycles. The first-order chi connectivity index (χ1) is 11.3. The molecule has 3 nitrogen and oxygen atoms in total. The molecule has 0 radical (unpaired) electrons. The summed E-state index contributed by atoms with van der Waals surface area (Å²) in [6.45, 7) is 4.88. The van der Waals surface area contributed by atoms with E-state index in [0.29, 0.717) is 24.5 Å². The molecule has 0 saturated carbocycles. The Labute approximate surface area is 140 Å². The van der Waals surface area contributed by atoms with Crippen LogP contribution in [0, 0.1) is 0 Å². The molecular formula is C20H30N2O. The van der Waals surface area contributed by atoms with Crippen molar-refractivity contribution in [2.75, 3.05) is 19.6 Å². The van der Waals surface area contributed by atoms with Gasteiger partial charge in [0.2, 0.25) is 5.91 Å². The van der Waals surface area contributed by atoms with Gasteiger partial charge in [0.1, 0.15) is 0 Å². The fourth-order valence-corrected chi connectivity index (χ4v) is 4.24. The molecule has 23 heavy (non-hydrogen) atoms. The number of carbonyl (C=O) groups is 1. The van der Waals surface area contributed by atoms with Crippen molar-refractivity contribution in [1.82, 2.24) is 9.80 Å². The van der Waals surface area contributed by atoms with Crippen LogP contribution in [0.2, 0.25) is 0 Å². The van der Waals surface area contributed by atoms with Crippen molar-refractivity contribution in [2.45, 2.75) is 64.0 Å². The van der Waals surface area contributed by atoms with Crippen molar-refractivity contribution in [3.8, 4) is 0 Å². The van der Waals surface area contributed by atoms with Crippen LogP contribution in [-0.4, -0.2) is 47.4 Å². The van der Waals surface area contributed by atoms with Crippen molar-refractivity contribution in [3.05, 3.63) is 35.9 Å². The van der Waals surface area contributed by atoms with Gasteiger partial charge in [-0.15, -0.1) is 0 Å². The predicted molar refractivity (Wildman–Crippen MR) is 94.4 cm³/mol.